The van der Waals surface area contributed by atoms with E-state index in [1.54, 1.807) is 0 Å². The van der Waals surface area contributed by atoms with Crippen molar-refractivity contribution in [2.24, 2.45) is 0 Å². The molecule has 1 unspecified atom stereocenters. The highest BCUT2D eigenvalue weighted by atomic mass is 28.2. The van der Waals surface area contributed by atoms with Gasteiger partial charge in [0.15, 0.2) is 5.78 Å². The summed E-state index contributed by atoms with van der Waals surface area (Å²) in [7, 11) is -1.75. The zero-order chi connectivity index (χ0) is 20.9. The van der Waals surface area contributed by atoms with Crippen molar-refractivity contribution in [2.45, 2.75) is 103 Å². The van der Waals surface area contributed by atoms with E-state index in [0.29, 0.717) is 19.4 Å². The maximum Gasteiger partial charge on any atom is 0.248 e. The molecular weight excluding hydrogens is 364 g/mol. The van der Waals surface area contributed by atoms with Crippen LogP contribution in [0.15, 0.2) is 36.5 Å². The zero-order valence-corrected chi connectivity index (χ0v) is 20.0. The number of ether oxygens (including phenoxy) is 1. The largest absolute Gasteiger partial charge is 0.369 e. The van der Waals surface area contributed by atoms with Crippen molar-refractivity contribution >= 4 is 15.5 Å². The number of carbonyl (C=O) groups excluding carboxylic acids is 1. The lowest BCUT2D eigenvalue weighted by atomic mass is 10.0. The van der Waals surface area contributed by atoms with Gasteiger partial charge in [-0.2, -0.15) is 0 Å². The number of rotatable bonds is 19. The Morgan fingerprint density at radius 3 is 2.07 bits per heavy atom. The van der Waals surface area contributed by atoms with E-state index in [9.17, 15) is 9.59 Å². The number of unbranched alkanes of at least 4 members (excludes halogenated alkanes) is 5. The van der Waals surface area contributed by atoms with Crippen LogP contribution >= 0.6 is 0 Å². The van der Waals surface area contributed by atoms with Gasteiger partial charge in [0.2, 0.25) is 9.76 Å². The Hall–Kier alpha value is -0.973. The minimum Gasteiger partial charge on any atom is -0.369 e. The van der Waals surface area contributed by atoms with Gasteiger partial charge < -0.3 is 9.53 Å². The molecule has 161 valence electrons. The molecular formula is C24H43O3Si. The van der Waals surface area contributed by atoms with Crippen molar-refractivity contribution in [3.63, 3.8) is 0 Å². The lowest BCUT2D eigenvalue weighted by Crippen LogP contribution is -2.47. The van der Waals surface area contributed by atoms with Gasteiger partial charge in [-0.05, 0) is 51.9 Å². The minimum absolute atomic E-state index is 0.0686. The monoisotopic (exact) mass is 407 g/mol. The van der Waals surface area contributed by atoms with E-state index >= 15 is 0 Å². The predicted octanol–water partition coefficient (Wildman–Crippen LogP) is 6.19. The molecule has 0 aliphatic carbocycles. The number of carbonyl (C=O) groups is 1. The van der Waals surface area contributed by atoms with Crippen molar-refractivity contribution in [2.75, 3.05) is 6.61 Å². The molecule has 0 saturated heterocycles. The number of hydrogen-bond acceptors (Lipinski definition) is 2. The Labute approximate surface area is 176 Å². The fraction of sp³-hybridized carbons (Fsp3) is 0.708. The fourth-order valence-electron chi connectivity index (χ4n) is 3.30. The maximum atomic E-state index is 12.5. The van der Waals surface area contributed by atoms with E-state index in [2.05, 4.69) is 43.4 Å². The summed E-state index contributed by atoms with van der Waals surface area (Å²) in [5.41, 5.74) is 0. The highest BCUT2D eigenvalue weighted by Crippen LogP contribution is 2.21. The second-order valence-corrected chi connectivity index (χ2v) is 8.78. The third kappa shape index (κ3) is 13.2. The molecule has 0 aromatic carbocycles. The zero-order valence-electron chi connectivity index (χ0n) is 18.6. The first kappa shape index (κ1) is 27.0. The smallest absolute Gasteiger partial charge is 0.248 e. The van der Waals surface area contributed by atoms with Gasteiger partial charge >= 0.3 is 0 Å². The average molecular weight is 408 g/mol. The summed E-state index contributed by atoms with van der Waals surface area (Å²) in [5, 5.41) is -0.935. The van der Waals surface area contributed by atoms with Gasteiger partial charge in [0.05, 0.1) is 0 Å². The molecule has 1 atom stereocenters. The summed E-state index contributed by atoms with van der Waals surface area (Å²) in [5.74, 6) is 0.0686. The summed E-state index contributed by atoms with van der Waals surface area (Å²) < 4.78 is 5.64. The molecule has 0 rings (SSSR count). The molecule has 0 amide bonds. The van der Waals surface area contributed by atoms with Gasteiger partial charge in [-0.15, -0.1) is 0 Å². The molecule has 0 saturated carbocycles. The van der Waals surface area contributed by atoms with Gasteiger partial charge in [0, 0.05) is 13.0 Å². The van der Waals surface area contributed by atoms with Crippen LogP contribution < -0.4 is 0 Å². The molecule has 0 aliphatic rings. The molecule has 0 N–H and O–H groups in total. The van der Waals surface area contributed by atoms with Crippen LogP contribution in [0, 0.1) is 0 Å². The SMILES string of the molecule is CC/C=C\C/C=C\C/C=C\CCCCCCCC(=O)C(CCC)(OCC)[SiH2][O]. The van der Waals surface area contributed by atoms with E-state index in [-0.39, 0.29) is 5.78 Å². The number of hydrogen-bond donors (Lipinski definition) is 0. The first-order valence-electron chi connectivity index (χ1n) is 11.4. The first-order valence-corrected chi connectivity index (χ1v) is 12.7. The molecule has 0 aliphatic heterocycles. The number of Topliss-reactive ketones (excluding diaryl/α,β-unsaturated/α-hetero) is 1. The van der Waals surface area contributed by atoms with Gasteiger partial charge in [0.1, 0.15) is 5.22 Å². The van der Waals surface area contributed by atoms with Crippen molar-refractivity contribution in [3.8, 4) is 0 Å². The quantitative estimate of drug-likeness (QED) is 0.145. The highest BCUT2D eigenvalue weighted by molar-refractivity contribution is 6.39. The van der Waals surface area contributed by atoms with Crippen LogP contribution in [0.25, 0.3) is 0 Å². The van der Waals surface area contributed by atoms with E-state index in [0.717, 1.165) is 51.4 Å². The van der Waals surface area contributed by atoms with Gasteiger partial charge in [-0.25, -0.2) is 0 Å². The summed E-state index contributed by atoms with van der Waals surface area (Å²) in [4.78, 5) is 24.2. The number of ketones is 1. The Balaban J connectivity index is 3.76. The summed E-state index contributed by atoms with van der Waals surface area (Å²) in [6, 6.07) is 0. The van der Waals surface area contributed by atoms with Crippen LogP contribution in [-0.2, 0) is 14.3 Å². The maximum absolute atomic E-state index is 12.5. The van der Waals surface area contributed by atoms with Crippen LogP contribution in [0.1, 0.15) is 97.8 Å². The predicted molar refractivity (Wildman–Crippen MR) is 123 cm³/mol. The van der Waals surface area contributed by atoms with E-state index in [4.69, 9.17) is 4.74 Å². The van der Waals surface area contributed by atoms with Crippen molar-refractivity contribution in [3.05, 3.63) is 36.5 Å². The third-order valence-electron chi connectivity index (χ3n) is 4.87. The van der Waals surface area contributed by atoms with Crippen LogP contribution in [0.2, 0.25) is 0 Å². The second kappa shape index (κ2) is 19.3. The number of allylic oxidation sites excluding steroid dienone is 6. The van der Waals surface area contributed by atoms with Crippen LogP contribution in [0.3, 0.4) is 0 Å². The van der Waals surface area contributed by atoms with Gasteiger partial charge in [-0.3, -0.25) is 4.79 Å². The second-order valence-electron chi connectivity index (χ2n) is 7.35. The van der Waals surface area contributed by atoms with Gasteiger partial charge in [0.25, 0.3) is 0 Å². The van der Waals surface area contributed by atoms with Crippen molar-refractivity contribution in [1.29, 1.82) is 0 Å². The molecule has 0 fully saturated rings. The lowest BCUT2D eigenvalue weighted by Gasteiger charge is -2.28. The molecule has 28 heavy (non-hydrogen) atoms. The normalized spacial score (nSPS) is 14.9. The van der Waals surface area contributed by atoms with E-state index in [1.165, 1.54) is 12.8 Å². The first-order chi connectivity index (χ1) is 13.7. The molecule has 0 heterocycles. The van der Waals surface area contributed by atoms with Crippen molar-refractivity contribution < 1.29 is 14.3 Å². The van der Waals surface area contributed by atoms with E-state index < -0.39 is 15.0 Å². The standard InChI is InChI=1S/C24H43O3Si/c1-4-7-8-9-10-11-12-13-14-15-16-17-18-19-20-21-23(25)24(28-26,22-5-2)27-6-3/h7-8,10-11,13-14H,4-6,9,12,15-22,28H2,1-3H3/b8-7-,11-10-,14-13-. The molecule has 0 aromatic heterocycles. The summed E-state index contributed by atoms with van der Waals surface area (Å²) in [6.45, 7) is 6.50. The topological polar surface area (TPSA) is 46.2 Å². The molecule has 4 heteroatoms. The Bertz CT molecular complexity index is 449. The molecule has 0 aromatic rings. The van der Waals surface area contributed by atoms with Gasteiger partial charge in [-0.1, -0.05) is 76.0 Å². The van der Waals surface area contributed by atoms with Crippen LogP contribution in [0.4, 0.5) is 0 Å². The van der Waals surface area contributed by atoms with E-state index in [1.807, 2.05) is 13.8 Å². The summed E-state index contributed by atoms with van der Waals surface area (Å²) >= 11 is 0. The fourth-order valence-corrected chi connectivity index (χ4v) is 4.42. The lowest BCUT2D eigenvalue weighted by molar-refractivity contribution is -0.136. The Morgan fingerprint density at radius 1 is 0.857 bits per heavy atom. The highest BCUT2D eigenvalue weighted by Gasteiger charge is 2.38. The average Bonchev–Trinajstić information content (AvgIpc) is 2.70. The minimum atomic E-state index is -1.75. The van der Waals surface area contributed by atoms with Crippen LogP contribution in [0.5, 0.6) is 0 Å². The molecule has 0 spiro atoms. The summed E-state index contributed by atoms with van der Waals surface area (Å²) in [6.07, 6.45) is 25.1. The van der Waals surface area contributed by atoms with Crippen molar-refractivity contribution in [1.82, 2.24) is 0 Å². The Kier molecular flexibility index (Phi) is 18.7. The molecule has 3 nitrogen and oxygen atoms in total. The Morgan fingerprint density at radius 2 is 1.46 bits per heavy atom. The van der Waals surface area contributed by atoms with Crippen LogP contribution in [-0.4, -0.2) is 27.4 Å². The molecule has 0 bridgehead atoms. The molecule has 1 radical (unpaired) electrons. The third-order valence-corrected chi connectivity index (χ3v) is 6.29.